The van der Waals surface area contributed by atoms with E-state index in [4.69, 9.17) is 15.0 Å². The highest BCUT2D eigenvalue weighted by Gasteiger charge is 2.15. The standard InChI is InChI=1S/C39H25N3/c1-3-12-27(13-4-1)38-33-19-11-18-30(36(33)31-16-7-9-20-34(31)40-38)26-22-24-28(25-23-26)37-32-17-8-10-21-35(32)41-39(42-37)29-14-5-2-6-15-29/h1-25H. The van der Waals surface area contributed by atoms with Crippen molar-refractivity contribution in [2.45, 2.75) is 0 Å². The van der Waals surface area contributed by atoms with Crippen LogP contribution in [-0.2, 0) is 0 Å². The summed E-state index contributed by atoms with van der Waals surface area (Å²) in [5.74, 6) is 0.731. The van der Waals surface area contributed by atoms with Crippen molar-refractivity contribution in [1.29, 1.82) is 0 Å². The molecule has 0 aliphatic carbocycles. The zero-order chi connectivity index (χ0) is 27.9. The van der Waals surface area contributed by atoms with Gasteiger partial charge < -0.3 is 0 Å². The normalized spacial score (nSPS) is 11.3. The van der Waals surface area contributed by atoms with E-state index in [-0.39, 0.29) is 0 Å². The first-order valence-electron chi connectivity index (χ1n) is 14.1. The maximum atomic E-state index is 5.11. The third kappa shape index (κ3) is 4.11. The Morgan fingerprint density at radius 2 is 0.833 bits per heavy atom. The van der Waals surface area contributed by atoms with Crippen LogP contribution in [0.4, 0.5) is 0 Å². The smallest absolute Gasteiger partial charge is 0.160 e. The van der Waals surface area contributed by atoms with Crippen LogP contribution in [0.15, 0.2) is 152 Å². The average Bonchev–Trinajstić information content (AvgIpc) is 3.08. The minimum Gasteiger partial charge on any atom is -0.247 e. The first-order valence-corrected chi connectivity index (χ1v) is 14.1. The molecule has 8 rings (SSSR count). The van der Waals surface area contributed by atoms with Gasteiger partial charge >= 0.3 is 0 Å². The Hall–Kier alpha value is -5.67. The lowest BCUT2D eigenvalue weighted by Crippen LogP contribution is -1.95. The van der Waals surface area contributed by atoms with Crippen LogP contribution in [-0.4, -0.2) is 15.0 Å². The Kier molecular flexibility index (Phi) is 5.79. The van der Waals surface area contributed by atoms with Gasteiger partial charge in [0.05, 0.1) is 22.4 Å². The van der Waals surface area contributed by atoms with E-state index in [9.17, 15) is 0 Å². The zero-order valence-corrected chi connectivity index (χ0v) is 22.8. The second kappa shape index (κ2) is 10.1. The lowest BCUT2D eigenvalue weighted by atomic mass is 9.92. The van der Waals surface area contributed by atoms with Crippen LogP contribution in [0.2, 0.25) is 0 Å². The van der Waals surface area contributed by atoms with Crippen molar-refractivity contribution in [3.8, 4) is 45.0 Å². The van der Waals surface area contributed by atoms with Crippen molar-refractivity contribution in [1.82, 2.24) is 15.0 Å². The number of para-hydroxylation sites is 2. The molecule has 0 bridgehead atoms. The molecule has 0 atom stereocenters. The van der Waals surface area contributed by atoms with Gasteiger partial charge in [-0.2, -0.15) is 0 Å². The number of aromatic nitrogens is 3. The summed E-state index contributed by atoms with van der Waals surface area (Å²) in [7, 11) is 0. The van der Waals surface area contributed by atoms with Crippen LogP contribution in [0.3, 0.4) is 0 Å². The molecule has 6 aromatic carbocycles. The third-order valence-electron chi connectivity index (χ3n) is 7.88. The van der Waals surface area contributed by atoms with Gasteiger partial charge in [0.2, 0.25) is 0 Å². The molecule has 0 radical (unpaired) electrons. The molecule has 2 heterocycles. The Morgan fingerprint density at radius 1 is 0.310 bits per heavy atom. The predicted octanol–water partition coefficient (Wildman–Crippen LogP) is 10.00. The van der Waals surface area contributed by atoms with Crippen molar-refractivity contribution in [2.75, 3.05) is 0 Å². The molecule has 3 nitrogen and oxygen atoms in total. The molecular weight excluding hydrogens is 510 g/mol. The van der Waals surface area contributed by atoms with Gasteiger partial charge in [-0.3, -0.25) is 0 Å². The first kappa shape index (κ1) is 24.2. The second-order valence-corrected chi connectivity index (χ2v) is 10.4. The molecule has 42 heavy (non-hydrogen) atoms. The fourth-order valence-electron chi connectivity index (χ4n) is 5.88. The molecule has 0 amide bonds. The molecule has 0 aliphatic heterocycles. The number of hydrogen-bond acceptors (Lipinski definition) is 3. The Balaban J connectivity index is 1.31. The molecule has 0 aliphatic rings. The summed E-state index contributed by atoms with van der Waals surface area (Å²) in [6, 6.07) is 52.6. The van der Waals surface area contributed by atoms with Gasteiger partial charge in [-0.05, 0) is 23.3 Å². The molecule has 0 unspecified atom stereocenters. The maximum Gasteiger partial charge on any atom is 0.160 e. The van der Waals surface area contributed by atoms with Crippen LogP contribution >= 0.6 is 0 Å². The van der Waals surface area contributed by atoms with Crippen molar-refractivity contribution in [3.63, 3.8) is 0 Å². The van der Waals surface area contributed by atoms with E-state index in [1.165, 1.54) is 10.9 Å². The fourth-order valence-corrected chi connectivity index (χ4v) is 5.88. The van der Waals surface area contributed by atoms with Gasteiger partial charge in [0.25, 0.3) is 0 Å². The second-order valence-electron chi connectivity index (χ2n) is 10.4. The predicted molar refractivity (Wildman–Crippen MR) is 174 cm³/mol. The molecule has 0 spiro atoms. The van der Waals surface area contributed by atoms with Crippen molar-refractivity contribution in [2.24, 2.45) is 0 Å². The molecule has 196 valence electrons. The minimum absolute atomic E-state index is 0.731. The van der Waals surface area contributed by atoms with E-state index in [0.717, 1.165) is 66.7 Å². The Morgan fingerprint density at radius 3 is 1.57 bits per heavy atom. The van der Waals surface area contributed by atoms with Gasteiger partial charge in [-0.25, -0.2) is 15.0 Å². The molecular formula is C39H25N3. The third-order valence-corrected chi connectivity index (χ3v) is 7.88. The number of pyridine rings is 1. The highest BCUT2D eigenvalue weighted by Crippen LogP contribution is 2.39. The quantitative estimate of drug-likeness (QED) is 0.211. The summed E-state index contributed by atoms with van der Waals surface area (Å²) in [5, 5.41) is 4.56. The van der Waals surface area contributed by atoms with Crippen molar-refractivity contribution >= 4 is 32.6 Å². The molecule has 8 aromatic rings. The van der Waals surface area contributed by atoms with Gasteiger partial charge in [0.15, 0.2) is 5.82 Å². The van der Waals surface area contributed by atoms with Crippen molar-refractivity contribution in [3.05, 3.63) is 152 Å². The van der Waals surface area contributed by atoms with Crippen LogP contribution in [0.5, 0.6) is 0 Å². The van der Waals surface area contributed by atoms with Crippen molar-refractivity contribution < 1.29 is 0 Å². The number of hydrogen-bond donors (Lipinski definition) is 0. The number of rotatable bonds is 4. The number of benzene rings is 6. The summed E-state index contributed by atoms with van der Waals surface area (Å²) in [6.07, 6.45) is 0. The highest BCUT2D eigenvalue weighted by atomic mass is 14.9. The summed E-state index contributed by atoms with van der Waals surface area (Å²) >= 11 is 0. The maximum absolute atomic E-state index is 5.11. The van der Waals surface area contributed by atoms with Crippen LogP contribution in [0.25, 0.3) is 77.6 Å². The van der Waals surface area contributed by atoms with Gasteiger partial charge in [0.1, 0.15) is 0 Å². The monoisotopic (exact) mass is 535 g/mol. The van der Waals surface area contributed by atoms with Crippen LogP contribution in [0, 0.1) is 0 Å². The highest BCUT2D eigenvalue weighted by molar-refractivity contribution is 6.17. The number of fused-ring (bicyclic) bond motifs is 4. The van der Waals surface area contributed by atoms with E-state index < -0.39 is 0 Å². The van der Waals surface area contributed by atoms with E-state index in [2.05, 4.69) is 115 Å². The summed E-state index contributed by atoms with van der Waals surface area (Å²) in [6.45, 7) is 0. The fraction of sp³-hybridized carbons (Fsp3) is 0. The lowest BCUT2D eigenvalue weighted by Gasteiger charge is -2.15. The molecule has 2 aromatic heterocycles. The van der Waals surface area contributed by atoms with E-state index in [0.29, 0.717) is 0 Å². The lowest BCUT2D eigenvalue weighted by molar-refractivity contribution is 1.23. The first-order chi connectivity index (χ1) is 20.8. The molecule has 0 fully saturated rings. The largest absolute Gasteiger partial charge is 0.247 e. The zero-order valence-electron chi connectivity index (χ0n) is 22.8. The Labute approximate surface area is 243 Å². The summed E-state index contributed by atoms with van der Waals surface area (Å²) in [4.78, 5) is 15.0. The molecule has 0 saturated heterocycles. The topological polar surface area (TPSA) is 38.7 Å². The minimum atomic E-state index is 0.731. The van der Waals surface area contributed by atoms with Crippen LogP contribution in [0.1, 0.15) is 0 Å². The summed E-state index contributed by atoms with van der Waals surface area (Å²) in [5.41, 5.74) is 9.39. The van der Waals surface area contributed by atoms with E-state index in [1.54, 1.807) is 0 Å². The SMILES string of the molecule is c1ccc(-c2nc(-c3ccc(-c4cccc5c(-c6ccccc6)nc6ccccc6c45)cc3)c3ccccc3n2)cc1. The summed E-state index contributed by atoms with van der Waals surface area (Å²) < 4.78 is 0. The average molecular weight is 536 g/mol. The Bertz CT molecular complexity index is 2220. The number of nitrogens with zero attached hydrogens (tertiary/aromatic N) is 3. The van der Waals surface area contributed by atoms with Crippen LogP contribution < -0.4 is 0 Å². The van der Waals surface area contributed by atoms with E-state index >= 15 is 0 Å². The molecule has 3 heteroatoms. The van der Waals surface area contributed by atoms with Gasteiger partial charge in [0, 0.05) is 38.2 Å². The van der Waals surface area contributed by atoms with Gasteiger partial charge in [-0.1, -0.05) is 140 Å². The van der Waals surface area contributed by atoms with E-state index in [1.807, 2.05) is 36.4 Å². The molecule has 0 N–H and O–H groups in total. The van der Waals surface area contributed by atoms with Gasteiger partial charge in [-0.15, -0.1) is 0 Å². The molecule has 0 saturated carbocycles.